The van der Waals surface area contributed by atoms with Gasteiger partial charge in [0.15, 0.2) is 5.78 Å². The minimum Gasteiger partial charge on any atom is -0.481 e. The van der Waals surface area contributed by atoms with Crippen molar-refractivity contribution in [2.24, 2.45) is 16.7 Å². The van der Waals surface area contributed by atoms with Gasteiger partial charge in [-0.3, -0.25) is 14.1 Å². The first kappa shape index (κ1) is 22.1. The van der Waals surface area contributed by atoms with Crippen LogP contribution in [0.1, 0.15) is 79.1 Å². The number of rotatable bonds is 7. The van der Waals surface area contributed by atoms with Crippen LogP contribution in [0.15, 0.2) is 0 Å². The molecule has 146 valence electrons. The van der Waals surface area contributed by atoms with E-state index in [1.54, 1.807) is 0 Å². The molecule has 2 saturated carbocycles. The molecule has 2 aliphatic carbocycles. The molecule has 0 radical (unpaired) electrons. The van der Waals surface area contributed by atoms with Crippen molar-refractivity contribution in [2.45, 2.75) is 84.3 Å². The van der Waals surface area contributed by atoms with E-state index in [1.165, 1.54) is 19.3 Å². The van der Waals surface area contributed by atoms with Gasteiger partial charge in [0.05, 0.1) is 0 Å². The minimum absolute atomic E-state index is 0.231. The van der Waals surface area contributed by atoms with Gasteiger partial charge in [-0.25, -0.2) is 0 Å². The van der Waals surface area contributed by atoms with E-state index in [1.807, 2.05) is 20.8 Å². The summed E-state index contributed by atoms with van der Waals surface area (Å²) in [5.41, 5.74) is -0.914. The van der Waals surface area contributed by atoms with Crippen molar-refractivity contribution in [2.75, 3.05) is 0 Å². The minimum atomic E-state index is -4.24. The molecule has 3 atom stereocenters. The standard InChI is InChI=1S/C10H16O4S.C8H16O2/c1-9(2)6-4-5-10(9,3)8(11)7(6)15(12,13)14;1-2-3-4-5-6-7-8(9)10/h6-7H,4-5H2,1-3H3,(H,12,13,14);2-7H2,1H3,(H,9,10). The summed E-state index contributed by atoms with van der Waals surface area (Å²) in [7, 11) is -4.24. The van der Waals surface area contributed by atoms with Crippen LogP contribution in [0.5, 0.6) is 0 Å². The summed E-state index contributed by atoms with van der Waals surface area (Å²) in [6.45, 7) is 7.82. The molecular weight excluding hydrogens is 344 g/mol. The lowest BCUT2D eigenvalue weighted by molar-refractivity contribution is -0.137. The first-order valence-corrected chi connectivity index (χ1v) is 10.6. The van der Waals surface area contributed by atoms with Gasteiger partial charge in [0.1, 0.15) is 5.25 Å². The molecule has 0 aliphatic heterocycles. The van der Waals surface area contributed by atoms with Crippen molar-refractivity contribution < 1.29 is 27.7 Å². The molecule has 0 saturated heterocycles. The second-order valence-corrected chi connectivity index (χ2v) is 9.59. The average Bonchev–Trinajstić information content (AvgIpc) is 2.78. The Bertz CT molecular complexity index is 595. The number of carbonyl (C=O) groups excluding carboxylic acids is 1. The lowest BCUT2D eigenvalue weighted by Crippen LogP contribution is -2.38. The summed E-state index contributed by atoms with van der Waals surface area (Å²) < 4.78 is 31.5. The molecule has 2 N–H and O–H groups in total. The molecule has 6 nitrogen and oxygen atoms in total. The van der Waals surface area contributed by atoms with Gasteiger partial charge in [-0.15, -0.1) is 0 Å². The van der Waals surface area contributed by atoms with E-state index in [-0.39, 0.29) is 17.1 Å². The smallest absolute Gasteiger partial charge is 0.303 e. The number of hydrogen-bond acceptors (Lipinski definition) is 4. The number of Topliss-reactive ketones (excluding diaryl/α,β-unsaturated/α-hetero) is 1. The summed E-state index contributed by atoms with van der Waals surface area (Å²) in [4.78, 5) is 22.0. The number of carbonyl (C=O) groups is 2. The molecule has 0 spiro atoms. The number of carboxylic acid groups (broad SMARTS) is 1. The number of aliphatic carboxylic acids is 1. The quantitative estimate of drug-likeness (QED) is 0.518. The van der Waals surface area contributed by atoms with E-state index in [0.717, 1.165) is 19.3 Å². The van der Waals surface area contributed by atoms with Crippen LogP contribution in [-0.4, -0.2) is 35.1 Å². The highest BCUT2D eigenvalue weighted by Gasteiger charge is 2.69. The Hall–Kier alpha value is -0.950. The first-order valence-electron chi connectivity index (χ1n) is 9.12. The monoisotopic (exact) mass is 376 g/mol. The maximum atomic E-state index is 12.0. The Labute approximate surface area is 151 Å². The summed E-state index contributed by atoms with van der Waals surface area (Å²) in [5, 5.41) is 7.08. The van der Waals surface area contributed by atoms with Crippen LogP contribution in [-0.2, 0) is 19.7 Å². The fraction of sp³-hybridized carbons (Fsp3) is 0.889. The second-order valence-electron chi connectivity index (χ2n) is 8.06. The SMILES string of the molecule is CC12CCC(C(S(=O)(=O)O)C1=O)C2(C)C.CCCCCCCC(=O)O. The average molecular weight is 377 g/mol. The van der Waals surface area contributed by atoms with E-state index in [4.69, 9.17) is 9.66 Å². The number of ketones is 1. The molecule has 0 aromatic rings. The molecule has 2 fully saturated rings. The molecule has 0 amide bonds. The molecule has 2 rings (SSSR count). The molecular formula is C18H32O6S. The molecule has 7 heteroatoms. The fourth-order valence-electron chi connectivity index (χ4n) is 4.23. The van der Waals surface area contributed by atoms with Gasteiger partial charge in [0.2, 0.25) is 0 Å². The van der Waals surface area contributed by atoms with E-state index < -0.39 is 26.8 Å². The molecule has 3 unspecified atom stereocenters. The molecule has 25 heavy (non-hydrogen) atoms. The highest BCUT2D eigenvalue weighted by molar-refractivity contribution is 7.87. The molecule has 2 bridgehead atoms. The van der Waals surface area contributed by atoms with Crippen molar-refractivity contribution in [1.29, 1.82) is 0 Å². The van der Waals surface area contributed by atoms with Crippen LogP contribution < -0.4 is 0 Å². The zero-order chi connectivity index (χ0) is 19.5. The van der Waals surface area contributed by atoms with Gasteiger partial charge in [0.25, 0.3) is 10.1 Å². The molecule has 0 heterocycles. The third-order valence-corrected chi connectivity index (χ3v) is 7.47. The molecule has 0 aromatic heterocycles. The van der Waals surface area contributed by atoms with E-state index in [9.17, 15) is 18.0 Å². The van der Waals surface area contributed by atoms with Crippen molar-refractivity contribution in [1.82, 2.24) is 0 Å². The predicted molar refractivity (Wildman–Crippen MR) is 96.0 cm³/mol. The Morgan fingerprint density at radius 3 is 2.08 bits per heavy atom. The molecule has 0 aromatic carbocycles. The highest BCUT2D eigenvalue weighted by atomic mass is 32.2. The second kappa shape index (κ2) is 8.16. The first-order chi connectivity index (χ1) is 11.4. The van der Waals surface area contributed by atoms with Gasteiger partial charge in [-0.05, 0) is 30.6 Å². The largest absolute Gasteiger partial charge is 0.481 e. The lowest BCUT2D eigenvalue weighted by atomic mass is 9.70. The Balaban J connectivity index is 0.000000275. The van der Waals surface area contributed by atoms with E-state index >= 15 is 0 Å². The summed E-state index contributed by atoms with van der Waals surface area (Å²) >= 11 is 0. The Kier molecular flexibility index (Phi) is 7.21. The van der Waals surface area contributed by atoms with Crippen LogP contribution in [0.3, 0.4) is 0 Å². The van der Waals surface area contributed by atoms with Crippen LogP contribution in [0, 0.1) is 16.7 Å². The fourth-order valence-corrected chi connectivity index (χ4v) is 5.65. The van der Waals surface area contributed by atoms with Crippen molar-refractivity contribution in [3.8, 4) is 0 Å². The zero-order valence-corrected chi connectivity index (χ0v) is 16.6. The lowest BCUT2D eigenvalue weighted by Gasteiger charge is -2.32. The number of hydrogen-bond donors (Lipinski definition) is 2. The summed E-state index contributed by atoms with van der Waals surface area (Å²) in [6, 6.07) is 0. The maximum absolute atomic E-state index is 12.0. The van der Waals surface area contributed by atoms with Gasteiger partial charge >= 0.3 is 5.97 Å². The summed E-state index contributed by atoms with van der Waals surface area (Å²) in [5.74, 6) is -1.20. The Morgan fingerprint density at radius 1 is 1.16 bits per heavy atom. The van der Waals surface area contributed by atoms with Gasteiger partial charge < -0.3 is 5.11 Å². The van der Waals surface area contributed by atoms with Crippen LogP contribution in [0.2, 0.25) is 0 Å². The van der Waals surface area contributed by atoms with Gasteiger partial charge in [0, 0.05) is 11.8 Å². The number of fused-ring (bicyclic) bond motifs is 2. The van der Waals surface area contributed by atoms with Gasteiger partial charge in [-0.1, -0.05) is 53.4 Å². The topological polar surface area (TPSA) is 109 Å². The van der Waals surface area contributed by atoms with Gasteiger partial charge in [-0.2, -0.15) is 8.42 Å². The zero-order valence-electron chi connectivity index (χ0n) is 15.7. The van der Waals surface area contributed by atoms with E-state index in [0.29, 0.717) is 12.8 Å². The van der Waals surface area contributed by atoms with Crippen molar-refractivity contribution >= 4 is 21.9 Å². The van der Waals surface area contributed by atoms with E-state index in [2.05, 4.69) is 6.92 Å². The van der Waals surface area contributed by atoms with Crippen LogP contribution >= 0.6 is 0 Å². The normalized spacial score (nSPS) is 30.0. The van der Waals surface area contributed by atoms with Crippen LogP contribution in [0.4, 0.5) is 0 Å². The third kappa shape index (κ3) is 4.61. The number of carboxylic acids is 1. The predicted octanol–water partition coefficient (Wildman–Crippen LogP) is 3.70. The maximum Gasteiger partial charge on any atom is 0.303 e. The highest BCUT2D eigenvalue weighted by Crippen LogP contribution is 2.64. The third-order valence-electron chi connectivity index (χ3n) is 6.29. The Morgan fingerprint density at radius 2 is 1.72 bits per heavy atom. The van der Waals surface area contributed by atoms with Crippen LogP contribution in [0.25, 0.3) is 0 Å². The van der Waals surface area contributed by atoms with Crippen molar-refractivity contribution in [3.05, 3.63) is 0 Å². The molecule has 2 aliphatic rings. The van der Waals surface area contributed by atoms with Crippen molar-refractivity contribution in [3.63, 3.8) is 0 Å². The number of unbranched alkanes of at least 4 members (excludes halogenated alkanes) is 4. The summed E-state index contributed by atoms with van der Waals surface area (Å²) in [6.07, 6.45) is 7.32.